The Morgan fingerprint density at radius 2 is 2.40 bits per heavy atom. The largest absolute Gasteiger partial charge is 0.303 e. The van der Waals surface area contributed by atoms with Gasteiger partial charge in [0.1, 0.15) is 9.99 Å². The molecule has 1 aromatic heterocycles. The summed E-state index contributed by atoms with van der Waals surface area (Å²) >= 11 is 2.13. The predicted octanol–water partition coefficient (Wildman–Crippen LogP) is 1.43. The zero-order valence-corrected chi connectivity index (χ0v) is 7.41. The van der Waals surface area contributed by atoms with Gasteiger partial charge in [0.15, 0.2) is 0 Å². The molecular formula is C7H6INO. The molecule has 1 aromatic rings. The maximum Gasteiger partial charge on any atom is 0.124 e. The Morgan fingerprint density at radius 3 is 2.90 bits per heavy atom. The molecule has 10 heavy (non-hydrogen) atoms. The number of halogens is 1. The van der Waals surface area contributed by atoms with E-state index in [-0.39, 0.29) is 0 Å². The van der Waals surface area contributed by atoms with Crippen molar-refractivity contribution in [3.05, 3.63) is 27.6 Å². The number of rotatable bonds is 2. The summed E-state index contributed by atoms with van der Waals surface area (Å²) in [5.74, 6) is 0. The van der Waals surface area contributed by atoms with Crippen LogP contribution in [0.15, 0.2) is 18.3 Å². The molecule has 0 fully saturated rings. The number of carbonyl (C=O) groups is 1. The van der Waals surface area contributed by atoms with Crippen LogP contribution in [0, 0.1) is 3.70 Å². The topological polar surface area (TPSA) is 30.0 Å². The lowest BCUT2D eigenvalue weighted by molar-refractivity contribution is -0.107. The molecule has 0 aromatic carbocycles. The van der Waals surface area contributed by atoms with Gasteiger partial charge in [-0.15, -0.1) is 0 Å². The van der Waals surface area contributed by atoms with Crippen LogP contribution in [-0.4, -0.2) is 11.3 Å². The van der Waals surface area contributed by atoms with E-state index in [0.29, 0.717) is 6.42 Å². The van der Waals surface area contributed by atoms with Crippen molar-refractivity contribution in [2.75, 3.05) is 0 Å². The van der Waals surface area contributed by atoms with Crippen molar-refractivity contribution in [3.8, 4) is 0 Å². The van der Waals surface area contributed by atoms with E-state index in [1.54, 1.807) is 6.20 Å². The molecule has 0 radical (unpaired) electrons. The third kappa shape index (κ3) is 2.06. The lowest BCUT2D eigenvalue weighted by atomic mass is 10.2. The average molecular weight is 247 g/mol. The first-order chi connectivity index (χ1) is 4.83. The fraction of sp³-hybridized carbons (Fsp3) is 0.143. The number of nitrogens with zero attached hydrogens (tertiary/aromatic N) is 1. The highest BCUT2D eigenvalue weighted by atomic mass is 127. The summed E-state index contributed by atoms with van der Waals surface area (Å²) in [6.07, 6.45) is 3.06. The molecule has 0 saturated carbocycles. The maximum absolute atomic E-state index is 10.0. The molecule has 2 nitrogen and oxygen atoms in total. The molecular weight excluding hydrogens is 241 g/mol. The fourth-order valence-electron chi connectivity index (χ4n) is 0.623. The summed E-state index contributed by atoms with van der Waals surface area (Å²) in [4.78, 5) is 14.1. The van der Waals surface area contributed by atoms with Gasteiger partial charge >= 0.3 is 0 Å². The normalized spacial score (nSPS) is 9.30. The van der Waals surface area contributed by atoms with E-state index in [1.165, 1.54) is 0 Å². The molecule has 0 atom stereocenters. The quantitative estimate of drug-likeness (QED) is 0.449. The van der Waals surface area contributed by atoms with Crippen molar-refractivity contribution < 1.29 is 4.79 Å². The van der Waals surface area contributed by atoms with Gasteiger partial charge in [0.2, 0.25) is 0 Å². The van der Waals surface area contributed by atoms with E-state index in [9.17, 15) is 4.79 Å². The predicted molar refractivity (Wildman–Crippen MR) is 46.7 cm³/mol. The molecule has 0 saturated heterocycles. The summed E-state index contributed by atoms with van der Waals surface area (Å²) in [6.45, 7) is 0. The van der Waals surface area contributed by atoms with Crippen LogP contribution in [-0.2, 0) is 11.2 Å². The number of carbonyl (C=O) groups excluding carboxylic acids is 1. The van der Waals surface area contributed by atoms with E-state index in [2.05, 4.69) is 27.6 Å². The van der Waals surface area contributed by atoms with Gasteiger partial charge in [0.05, 0.1) is 0 Å². The first kappa shape index (κ1) is 7.65. The van der Waals surface area contributed by atoms with Crippen LogP contribution in [0.4, 0.5) is 0 Å². The average Bonchev–Trinajstić information content (AvgIpc) is 1.95. The third-order valence-electron chi connectivity index (χ3n) is 1.11. The third-order valence-corrected chi connectivity index (χ3v) is 1.75. The van der Waals surface area contributed by atoms with E-state index >= 15 is 0 Å². The fourth-order valence-corrected chi connectivity index (χ4v) is 0.942. The Labute approximate surface area is 72.8 Å². The minimum Gasteiger partial charge on any atom is -0.303 e. The zero-order valence-electron chi connectivity index (χ0n) is 5.25. The highest BCUT2D eigenvalue weighted by Gasteiger charge is 1.90. The number of aldehydes is 1. The molecule has 0 aliphatic rings. The Balaban J connectivity index is 2.78. The van der Waals surface area contributed by atoms with Crippen LogP contribution in [0.2, 0.25) is 0 Å². The number of aromatic nitrogens is 1. The van der Waals surface area contributed by atoms with Crippen molar-refractivity contribution in [2.45, 2.75) is 6.42 Å². The van der Waals surface area contributed by atoms with Crippen molar-refractivity contribution in [2.24, 2.45) is 0 Å². The lowest BCUT2D eigenvalue weighted by Gasteiger charge is -1.92. The summed E-state index contributed by atoms with van der Waals surface area (Å²) in [5.41, 5.74) is 0.968. The van der Waals surface area contributed by atoms with E-state index < -0.39 is 0 Å². The minimum absolute atomic E-state index is 0.462. The Bertz CT molecular complexity index is 220. The lowest BCUT2D eigenvalue weighted by Crippen LogP contribution is -1.87. The first-order valence-electron chi connectivity index (χ1n) is 2.87. The van der Waals surface area contributed by atoms with Gasteiger partial charge in [0, 0.05) is 12.6 Å². The summed E-state index contributed by atoms with van der Waals surface area (Å²) < 4.78 is 0.951. The van der Waals surface area contributed by atoms with Gasteiger partial charge in [-0.25, -0.2) is 0 Å². The van der Waals surface area contributed by atoms with Crippen LogP contribution in [0.3, 0.4) is 0 Å². The summed E-state index contributed by atoms with van der Waals surface area (Å²) in [6, 6.07) is 3.79. The van der Waals surface area contributed by atoms with Gasteiger partial charge < -0.3 is 4.79 Å². The molecule has 1 heterocycles. The second-order valence-corrected chi connectivity index (χ2v) is 2.97. The summed E-state index contributed by atoms with van der Waals surface area (Å²) in [5, 5.41) is 0. The molecule has 0 amide bonds. The molecule has 0 bridgehead atoms. The molecule has 0 spiro atoms. The van der Waals surface area contributed by atoms with Crippen molar-refractivity contribution in [1.29, 1.82) is 0 Å². The van der Waals surface area contributed by atoms with Crippen molar-refractivity contribution >= 4 is 28.9 Å². The number of pyridine rings is 1. The second kappa shape index (κ2) is 3.65. The highest BCUT2D eigenvalue weighted by Crippen LogP contribution is 2.01. The van der Waals surface area contributed by atoms with E-state index in [0.717, 1.165) is 15.6 Å². The standard InChI is InChI=1S/C7H6INO/c8-7-2-1-6(3-4-10)5-9-7/h1-2,4-5H,3H2. The Morgan fingerprint density at radius 1 is 1.60 bits per heavy atom. The molecule has 0 aliphatic carbocycles. The second-order valence-electron chi connectivity index (χ2n) is 1.86. The molecule has 3 heteroatoms. The van der Waals surface area contributed by atoms with E-state index in [4.69, 9.17) is 0 Å². The first-order valence-corrected chi connectivity index (χ1v) is 3.95. The number of hydrogen-bond donors (Lipinski definition) is 0. The van der Waals surface area contributed by atoms with Gasteiger partial charge in [-0.05, 0) is 34.2 Å². The van der Waals surface area contributed by atoms with Crippen LogP contribution >= 0.6 is 22.6 Å². The van der Waals surface area contributed by atoms with Crippen LogP contribution in [0.25, 0.3) is 0 Å². The van der Waals surface area contributed by atoms with Gasteiger partial charge in [0.25, 0.3) is 0 Å². The Kier molecular flexibility index (Phi) is 2.80. The number of hydrogen-bond acceptors (Lipinski definition) is 2. The minimum atomic E-state index is 0.462. The van der Waals surface area contributed by atoms with Crippen LogP contribution < -0.4 is 0 Å². The molecule has 0 aliphatic heterocycles. The molecule has 52 valence electrons. The molecule has 0 unspecified atom stereocenters. The monoisotopic (exact) mass is 247 g/mol. The van der Waals surface area contributed by atoms with Crippen LogP contribution in [0.1, 0.15) is 5.56 Å². The van der Waals surface area contributed by atoms with Crippen molar-refractivity contribution in [1.82, 2.24) is 4.98 Å². The molecule has 0 N–H and O–H groups in total. The maximum atomic E-state index is 10.0. The Hall–Kier alpha value is -0.450. The highest BCUT2D eigenvalue weighted by molar-refractivity contribution is 14.1. The van der Waals surface area contributed by atoms with E-state index in [1.807, 2.05) is 12.1 Å². The van der Waals surface area contributed by atoms with Gasteiger partial charge in [-0.2, -0.15) is 0 Å². The van der Waals surface area contributed by atoms with Crippen LogP contribution in [0.5, 0.6) is 0 Å². The smallest absolute Gasteiger partial charge is 0.124 e. The zero-order chi connectivity index (χ0) is 7.40. The summed E-state index contributed by atoms with van der Waals surface area (Å²) in [7, 11) is 0. The molecule has 1 rings (SSSR count). The SMILES string of the molecule is O=CCc1ccc(I)nc1. The van der Waals surface area contributed by atoms with Gasteiger partial charge in [-0.3, -0.25) is 4.98 Å². The van der Waals surface area contributed by atoms with Crippen molar-refractivity contribution in [3.63, 3.8) is 0 Å². The van der Waals surface area contributed by atoms with Gasteiger partial charge in [-0.1, -0.05) is 6.07 Å².